The molecule has 0 atom stereocenters. The number of nitrogens with zero attached hydrogens (tertiary/aromatic N) is 3. The average Bonchev–Trinajstić information content (AvgIpc) is 3.58. The highest BCUT2D eigenvalue weighted by Crippen LogP contribution is 2.45. The second kappa shape index (κ2) is 11.2. The van der Waals surface area contributed by atoms with Crippen molar-refractivity contribution in [2.75, 3.05) is 0 Å². The first kappa shape index (κ1) is 27.8. The molecule has 3 nitrogen and oxygen atoms in total. The van der Waals surface area contributed by atoms with Crippen molar-refractivity contribution >= 4 is 63.8 Å². The molecule has 0 saturated carbocycles. The van der Waals surface area contributed by atoms with E-state index in [9.17, 15) is 0 Å². The molecule has 0 unspecified atom stereocenters. The molecule has 0 N–H and O–H groups in total. The fraction of sp³-hybridized carbons (Fsp3) is 0. The highest BCUT2D eigenvalue weighted by molar-refractivity contribution is 7.26. The van der Waals surface area contributed by atoms with E-state index in [1.54, 1.807) is 0 Å². The Bertz CT molecular complexity index is 2780. The summed E-state index contributed by atoms with van der Waals surface area (Å²) in [6.45, 7) is 0. The number of aromatic nitrogens is 3. The molecule has 0 aliphatic carbocycles. The van der Waals surface area contributed by atoms with Crippen LogP contribution in [-0.2, 0) is 0 Å². The molecule has 0 aliphatic rings. The van der Waals surface area contributed by atoms with Crippen molar-refractivity contribution in [2.45, 2.75) is 0 Å². The molecule has 0 bridgehead atoms. The minimum absolute atomic E-state index is 0.662. The fourth-order valence-corrected chi connectivity index (χ4v) is 8.46. The van der Waals surface area contributed by atoms with E-state index in [4.69, 9.17) is 15.0 Å². The zero-order valence-corrected chi connectivity index (χ0v) is 27.2. The highest BCUT2D eigenvalue weighted by Gasteiger charge is 2.19. The highest BCUT2D eigenvalue weighted by atomic mass is 32.1. The van der Waals surface area contributed by atoms with E-state index in [1.807, 2.05) is 47.7 Å². The van der Waals surface area contributed by atoms with E-state index in [-0.39, 0.29) is 0 Å². The van der Waals surface area contributed by atoms with Crippen LogP contribution in [0.15, 0.2) is 164 Å². The maximum Gasteiger partial charge on any atom is 0.164 e. The molecule has 0 radical (unpaired) electrons. The Kier molecular flexibility index (Phi) is 6.36. The number of rotatable bonds is 4. The normalized spacial score (nSPS) is 11.7. The van der Waals surface area contributed by atoms with Gasteiger partial charge in [-0.15, -0.1) is 11.3 Å². The first-order valence-electron chi connectivity index (χ1n) is 16.5. The average molecular weight is 642 g/mol. The van der Waals surface area contributed by atoms with Gasteiger partial charge >= 0.3 is 0 Å². The van der Waals surface area contributed by atoms with Gasteiger partial charge in [0.2, 0.25) is 0 Å². The molecule has 0 saturated heterocycles. The first-order valence-corrected chi connectivity index (χ1v) is 17.3. The number of hydrogen-bond acceptors (Lipinski definition) is 4. The minimum atomic E-state index is 0.662. The van der Waals surface area contributed by atoms with Gasteiger partial charge < -0.3 is 0 Å². The lowest BCUT2D eigenvalue weighted by atomic mass is 9.91. The lowest BCUT2D eigenvalue weighted by Gasteiger charge is -2.13. The summed E-state index contributed by atoms with van der Waals surface area (Å²) in [5.41, 5.74) is 5.32. The van der Waals surface area contributed by atoms with Crippen molar-refractivity contribution in [2.24, 2.45) is 0 Å². The quantitative estimate of drug-likeness (QED) is 0.180. The van der Waals surface area contributed by atoms with Gasteiger partial charge in [0, 0.05) is 36.9 Å². The molecule has 0 fully saturated rings. The standard InChI is InChI=1S/C45H27N3S/c1-3-13-28(14-4-1)43-46-44(29-15-5-2-6-16-29)48-45(47-43)37-22-12-24-40-42(37)41-31(21-11-23-39(41)49-40)30-25-26-36-34-19-8-7-17-32(34)33-18-9-10-20-35(33)38(36)27-30/h1-27H. The van der Waals surface area contributed by atoms with Gasteiger partial charge in [0.15, 0.2) is 17.5 Å². The van der Waals surface area contributed by atoms with Gasteiger partial charge in [-0.05, 0) is 61.6 Å². The Hall–Kier alpha value is -6.23. The van der Waals surface area contributed by atoms with E-state index in [0.29, 0.717) is 17.5 Å². The predicted octanol–water partition coefficient (Wildman–Crippen LogP) is 12.4. The second-order valence-electron chi connectivity index (χ2n) is 12.3. The number of fused-ring (bicyclic) bond motifs is 9. The van der Waals surface area contributed by atoms with Gasteiger partial charge in [-0.25, -0.2) is 15.0 Å². The summed E-state index contributed by atoms with van der Waals surface area (Å²) < 4.78 is 2.45. The zero-order chi connectivity index (χ0) is 32.3. The van der Waals surface area contributed by atoms with Crippen LogP contribution in [0.2, 0.25) is 0 Å². The third kappa shape index (κ3) is 4.53. The van der Waals surface area contributed by atoms with E-state index in [2.05, 4.69) is 127 Å². The topological polar surface area (TPSA) is 38.7 Å². The molecule has 2 aromatic heterocycles. The van der Waals surface area contributed by atoms with Crippen molar-refractivity contribution < 1.29 is 0 Å². The summed E-state index contributed by atoms with van der Waals surface area (Å²) >= 11 is 1.82. The predicted molar refractivity (Wildman–Crippen MR) is 207 cm³/mol. The summed E-state index contributed by atoms with van der Waals surface area (Å²) in [7, 11) is 0. The Balaban J connectivity index is 1.25. The Morgan fingerprint density at radius 3 is 1.33 bits per heavy atom. The van der Waals surface area contributed by atoms with Crippen molar-refractivity contribution in [3.63, 3.8) is 0 Å². The minimum Gasteiger partial charge on any atom is -0.208 e. The molecule has 49 heavy (non-hydrogen) atoms. The van der Waals surface area contributed by atoms with Crippen LogP contribution in [0.5, 0.6) is 0 Å². The zero-order valence-electron chi connectivity index (χ0n) is 26.3. The molecule has 0 aliphatic heterocycles. The lowest BCUT2D eigenvalue weighted by Crippen LogP contribution is -2.00. The van der Waals surface area contributed by atoms with E-state index in [0.717, 1.165) is 16.7 Å². The van der Waals surface area contributed by atoms with Crippen molar-refractivity contribution in [1.82, 2.24) is 15.0 Å². The van der Waals surface area contributed by atoms with E-state index in [1.165, 1.54) is 63.6 Å². The molecular formula is C45H27N3S. The van der Waals surface area contributed by atoms with Crippen LogP contribution in [0, 0.1) is 0 Å². The molecule has 0 spiro atoms. The maximum atomic E-state index is 5.12. The smallest absolute Gasteiger partial charge is 0.164 e. The van der Waals surface area contributed by atoms with Gasteiger partial charge in [0.25, 0.3) is 0 Å². The van der Waals surface area contributed by atoms with Gasteiger partial charge in [-0.3, -0.25) is 0 Å². The maximum absolute atomic E-state index is 5.12. The Labute approximate surface area is 286 Å². The molecule has 0 amide bonds. The summed E-state index contributed by atoms with van der Waals surface area (Å²) in [6, 6.07) is 58.0. The molecule has 10 rings (SSSR count). The van der Waals surface area contributed by atoms with Crippen LogP contribution in [-0.4, -0.2) is 15.0 Å². The van der Waals surface area contributed by atoms with E-state index >= 15 is 0 Å². The monoisotopic (exact) mass is 641 g/mol. The molecule has 2 heterocycles. The third-order valence-electron chi connectivity index (χ3n) is 9.52. The van der Waals surface area contributed by atoms with Crippen LogP contribution < -0.4 is 0 Å². The number of hydrogen-bond donors (Lipinski definition) is 0. The fourth-order valence-electron chi connectivity index (χ4n) is 7.30. The largest absolute Gasteiger partial charge is 0.208 e. The first-order chi connectivity index (χ1) is 24.3. The summed E-state index contributed by atoms with van der Waals surface area (Å²) in [6.07, 6.45) is 0. The Morgan fingerprint density at radius 1 is 0.306 bits per heavy atom. The van der Waals surface area contributed by atoms with Gasteiger partial charge in [-0.1, -0.05) is 146 Å². The molecule has 8 aromatic carbocycles. The SMILES string of the molecule is c1ccc(-c2nc(-c3ccccc3)nc(-c3cccc4sc5cccc(-c6ccc7c8ccccc8c8ccccc8c7c6)c5c34)n2)cc1. The van der Waals surface area contributed by atoms with Crippen LogP contribution in [0.1, 0.15) is 0 Å². The summed E-state index contributed by atoms with van der Waals surface area (Å²) in [5.74, 6) is 1.99. The molecule has 4 heteroatoms. The molecular weight excluding hydrogens is 615 g/mol. The van der Waals surface area contributed by atoms with Gasteiger partial charge in [-0.2, -0.15) is 0 Å². The molecule has 10 aromatic rings. The van der Waals surface area contributed by atoms with E-state index < -0.39 is 0 Å². The Morgan fingerprint density at radius 2 is 0.755 bits per heavy atom. The van der Waals surface area contributed by atoms with Gasteiger partial charge in [0.1, 0.15) is 0 Å². The van der Waals surface area contributed by atoms with Crippen LogP contribution >= 0.6 is 11.3 Å². The van der Waals surface area contributed by atoms with Crippen LogP contribution in [0.4, 0.5) is 0 Å². The third-order valence-corrected chi connectivity index (χ3v) is 10.6. The number of thiophene rings is 1. The summed E-state index contributed by atoms with van der Waals surface area (Å²) in [4.78, 5) is 15.2. The summed E-state index contributed by atoms with van der Waals surface area (Å²) in [5, 5.41) is 10.1. The lowest BCUT2D eigenvalue weighted by molar-refractivity contribution is 1.08. The molecule has 228 valence electrons. The second-order valence-corrected chi connectivity index (χ2v) is 13.4. The van der Waals surface area contributed by atoms with Gasteiger partial charge in [0.05, 0.1) is 0 Å². The van der Waals surface area contributed by atoms with Crippen LogP contribution in [0.25, 0.3) is 97.8 Å². The van der Waals surface area contributed by atoms with Crippen LogP contribution in [0.3, 0.4) is 0 Å². The van der Waals surface area contributed by atoms with Crippen molar-refractivity contribution in [3.8, 4) is 45.3 Å². The van der Waals surface area contributed by atoms with Crippen molar-refractivity contribution in [1.29, 1.82) is 0 Å². The number of benzene rings is 8. The van der Waals surface area contributed by atoms with Crippen molar-refractivity contribution in [3.05, 3.63) is 164 Å².